The van der Waals surface area contributed by atoms with Gasteiger partial charge in [-0.25, -0.2) is 0 Å². The topological polar surface area (TPSA) is 0 Å². The highest BCUT2D eigenvalue weighted by Gasteiger charge is 1.95. The number of allylic oxidation sites excluding steroid dienone is 1. The molecule has 0 saturated heterocycles. The zero-order chi connectivity index (χ0) is 12.5. The van der Waals surface area contributed by atoms with E-state index in [0.717, 1.165) is 16.3 Å². The Morgan fingerprint density at radius 3 is 2.79 bits per heavy atom. The first-order valence-electron chi connectivity index (χ1n) is 6.15. The first-order valence-corrected chi connectivity index (χ1v) is 4.65. The summed E-state index contributed by atoms with van der Waals surface area (Å²) in [5.41, 5.74) is 1.37. The van der Waals surface area contributed by atoms with E-state index in [1.807, 2.05) is 42.5 Å². The molecule has 0 fully saturated rings. The van der Waals surface area contributed by atoms with E-state index in [1.165, 1.54) is 0 Å². The molecule has 70 valence electrons. The fraction of sp³-hybridized carbons (Fsp3) is 0.143. The van der Waals surface area contributed by atoms with Gasteiger partial charge in [0.25, 0.3) is 0 Å². The summed E-state index contributed by atoms with van der Waals surface area (Å²) in [4.78, 5) is 0. The maximum atomic E-state index is 7.36. The van der Waals surface area contributed by atoms with Crippen molar-refractivity contribution < 1.29 is 4.11 Å². The molecule has 14 heavy (non-hydrogen) atoms. The zero-order valence-electron chi connectivity index (χ0n) is 11.1. The molecular formula is C14H14. The Hall–Kier alpha value is -1.56. The summed E-state index contributed by atoms with van der Waals surface area (Å²) in [6, 6.07) is 13.9. The monoisotopic (exact) mass is 185 g/mol. The fourth-order valence-electron chi connectivity index (χ4n) is 1.61. The van der Waals surface area contributed by atoms with E-state index < -0.39 is 6.85 Å². The van der Waals surface area contributed by atoms with Crippen LogP contribution < -0.4 is 0 Å². The second-order valence-electron chi connectivity index (χ2n) is 3.40. The van der Waals surface area contributed by atoms with Gasteiger partial charge >= 0.3 is 0 Å². The summed E-state index contributed by atoms with van der Waals surface area (Å²) in [6.45, 7) is -0.369. The summed E-state index contributed by atoms with van der Waals surface area (Å²) in [5.74, 6) is 0. The summed E-state index contributed by atoms with van der Waals surface area (Å²) >= 11 is 0. The molecule has 0 aliphatic heterocycles. The molecule has 0 saturated carbocycles. The highest BCUT2D eigenvalue weighted by molar-refractivity contribution is 5.90. The molecule has 0 bridgehead atoms. The van der Waals surface area contributed by atoms with Crippen LogP contribution in [0.25, 0.3) is 16.8 Å². The largest absolute Gasteiger partial charge is 0.0758 e. The minimum absolute atomic E-state index is 0.411. The Balaban J connectivity index is 2.57. The molecule has 0 atom stereocenters. The quantitative estimate of drug-likeness (QED) is 0.622. The van der Waals surface area contributed by atoms with E-state index in [9.17, 15) is 0 Å². The number of hydrogen-bond donors (Lipinski definition) is 0. The van der Waals surface area contributed by atoms with Crippen LogP contribution in [-0.2, 0) is 0 Å². The van der Waals surface area contributed by atoms with Crippen LogP contribution in [0.3, 0.4) is 0 Å². The second-order valence-corrected chi connectivity index (χ2v) is 3.40. The normalized spacial score (nSPS) is 16.1. The van der Waals surface area contributed by atoms with Crippen molar-refractivity contribution in [3.8, 4) is 0 Å². The zero-order valence-corrected chi connectivity index (χ0v) is 8.12. The van der Waals surface area contributed by atoms with Gasteiger partial charge in [-0.05, 0) is 30.1 Å². The summed E-state index contributed by atoms with van der Waals surface area (Å²) in [6.07, 6.45) is 1.75. The molecule has 0 nitrogen and oxygen atoms in total. The van der Waals surface area contributed by atoms with Gasteiger partial charge in [-0.2, -0.15) is 0 Å². The smallest absolute Gasteiger partial charge is 0.0276 e. The molecular weight excluding hydrogens is 168 g/mol. The van der Waals surface area contributed by atoms with Crippen molar-refractivity contribution in [3.05, 3.63) is 53.6 Å². The molecule has 0 aliphatic carbocycles. The number of rotatable bonds is 1. The highest BCUT2D eigenvalue weighted by atomic mass is 14.0. The Morgan fingerprint density at radius 1 is 1.14 bits per heavy atom. The van der Waals surface area contributed by atoms with E-state index in [4.69, 9.17) is 4.11 Å². The van der Waals surface area contributed by atoms with E-state index in [0.29, 0.717) is 5.57 Å². The predicted molar refractivity (Wildman–Crippen MR) is 63.3 cm³/mol. The molecule has 0 aliphatic rings. The molecule has 2 aromatic carbocycles. The first-order chi connectivity index (χ1) is 7.98. The SMILES string of the molecule is [2H]C([2H])([2H])/C(C)=C/c1cccc2ccccc12. The van der Waals surface area contributed by atoms with Crippen LogP contribution in [0, 0.1) is 0 Å². The molecule has 0 radical (unpaired) electrons. The highest BCUT2D eigenvalue weighted by Crippen LogP contribution is 2.20. The van der Waals surface area contributed by atoms with E-state index >= 15 is 0 Å². The van der Waals surface area contributed by atoms with Crippen LogP contribution in [0.5, 0.6) is 0 Å². The van der Waals surface area contributed by atoms with Crippen molar-refractivity contribution in [1.29, 1.82) is 0 Å². The maximum absolute atomic E-state index is 7.36. The second kappa shape index (κ2) is 3.67. The number of hydrogen-bond acceptors (Lipinski definition) is 0. The lowest BCUT2D eigenvalue weighted by Crippen LogP contribution is -1.78. The molecule has 0 N–H and O–H groups in total. The van der Waals surface area contributed by atoms with Gasteiger partial charge in [0, 0.05) is 4.11 Å². The van der Waals surface area contributed by atoms with Crippen molar-refractivity contribution >= 4 is 16.8 Å². The predicted octanol–water partition coefficient (Wildman–Crippen LogP) is 4.26. The first kappa shape index (κ1) is 6.02. The third kappa shape index (κ3) is 1.69. The van der Waals surface area contributed by atoms with Gasteiger partial charge in [0.2, 0.25) is 0 Å². The minimum Gasteiger partial charge on any atom is -0.0758 e. The molecule has 2 aromatic rings. The van der Waals surface area contributed by atoms with Gasteiger partial charge in [0.1, 0.15) is 0 Å². The average molecular weight is 185 g/mol. The lowest BCUT2D eigenvalue weighted by Gasteiger charge is -2.02. The molecule has 0 unspecified atom stereocenters. The van der Waals surface area contributed by atoms with Gasteiger partial charge in [0.15, 0.2) is 0 Å². The van der Waals surface area contributed by atoms with Crippen LogP contribution in [0.15, 0.2) is 48.0 Å². The van der Waals surface area contributed by atoms with Crippen LogP contribution in [0.1, 0.15) is 23.5 Å². The van der Waals surface area contributed by atoms with Gasteiger partial charge in [-0.1, -0.05) is 54.1 Å². The minimum atomic E-state index is -2.02. The van der Waals surface area contributed by atoms with Gasteiger partial charge in [0.05, 0.1) is 0 Å². The van der Waals surface area contributed by atoms with Gasteiger partial charge in [-0.3, -0.25) is 0 Å². The summed E-state index contributed by atoms with van der Waals surface area (Å²) in [7, 11) is 0. The summed E-state index contributed by atoms with van der Waals surface area (Å²) < 4.78 is 22.1. The number of benzene rings is 2. The van der Waals surface area contributed by atoms with E-state index in [1.54, 1.807) is 13.0 Å². The molecule has 0 heterocycles. The van der Waals surface area contributed by atoms with Crippen molar-refractivity contribution in [2.75, 3.05) is 0 Å². The van der Waals surface area contributed by atoms with Crippen molar-refractivity contribution in [2.45, 2.75) is 13.8 Å². The Bertz CT molecular complexity index is 560. The molecule has 0 heteroatoms. The number of fused-ring (bicyclic) bond motifs is 1. The van der Waals surface area contributed by atoms with Crippen molar-refractivity contribution in [3.63, 3.8) is 0 Å². The Kier molecular flexibility index (Phi) is 1.58. The Labute approximate surface area is 89.1 Å². The van der Waals surface area contributed by atoms with Crippen molar-refractivity contribution in [1.82, 2.24) is 0 Å². The van der Waals surface area contributed by atoms with Gasteiger partial charge in [-0.15, -0.1) is 0 Å². The van der Waals surface area contributed by atoms with Crippen LogP contribution in [0.4, 0.5) is 0 Å². The lowest BCUT2D eigenvalue weighted by atomic mass is 10.0. The molecule has 0 amide bonds. The maximum Gasteiger partial charge on any atom is 0.0276 e. The third-order valence-electron chi connectivity index (χ3n) is 2.20. The lowest BCUT2D eigenvalue weighted by molar-refractivity contribution is 1.42. The van der Waals surface area contributed by atoms with Crippen LogP contribution in [0.2, 0.25) is 0 Å². The standard InChI is InChI=1S/C14H14/c1-11(2)10-13-8-5-7-12-6-3-4-9-14(12)13/h3-10H,1-2H3/i1D3/b11-10-. The fourth-order valence-corrected chi connectivity index (χ4v) is 1.61. The molecule has 0 aromatic heterocycles. The Morgan fingerprint density at radius 2 is 1.93 bits per heavy atom. The van der Waals surface area contributed by atoms with Crippen LogP contribution >= 0.6 is 0 Å². The van der Waals surface area contributed by atoms with Crippen molar-refractivity contribution in [2.24, 2.45) is 0 Å². The molecule has 2 rings (SSSR count). The van der Waals surface area contributed by atoms with E-state index in [2.05, 4.69) is 0 Å². The third-order valence-corrected chi connectivity index (χ3v) is 2.20. The van der Waals surface area contributed by atoms with E-state index in [-0.39, 0.29) is 0 Å². The molecule has 0 spiro atoms. The summed E-state index contributed by atoms with van der Waals surface area (Å²) in [5, 5.41) is 2.21. The van der Waals surface area contributed by atoms with Crippen LogP contribution in [-0.4, -0.2) is 0 Å². The average Bonchev–Trinajstić information content (AvgIpc) is 2.28. The van der Waals surface area contributed by atoms with Gasteiger partial charge < -0.3 is 0 Å².